The second-order valence-electron chi connectivity index (χ2n) is 3.53. The summed E-state index contributed by atoms with van der Waals surface area (Å²) in [6.45, 7) is 8.65. The standard InChI is InChI=1S/C10H22OS/c1-6-9(4,12)10(7-2,8-3)11-5/h12H,6-8H2,1-5H3. The van der Waals surface area contributed by atoms with Crippen LogP contribution in [-0.4, -0.2) is 17.5 Å². The molecule has 1 atom stereocenters. The van der Waals surface area contributed by atoms with Crippen molar-refractivity contribution in [2.24, 2.45) is 0 Å². The fourth-order valence-corrected chi connectivity index (χ4v) is 2.25. The van der Waals surface area contributed by atoms with Gasteiger partial charge in [0.05, 0.1) is 5.60 Å². The van der Waals surface area contributed by atoms with Gasteiger partial charge in [-0.05, 0) is 26.2 Å². The maximum Gasteiger partial charge on any atom is 0.0814 e. The Morgan fingerprint density at radius 2 is 1.50 bits per heavy atom. The Bertz CT molecular complexity index is 120. The monoisotopic (exact) mass is 190 g/mol. The van der Waals surface area contributed by atoms with E-state index in [1.54, 1.807) is 7.11 Å². The second kappa shape index (κ2) is 4.52. The summed E-state index contributed by atoms with van der Waals surface area (Å²) in [6.07, 6.45) is 3.08. The van der Waals surface area contributed by atoms with Crippen LogP contribution in [0.5, 0.6) is 0 Å². The zero-order chi connectivity index (χ0) is 9.83. The molecule has 74 valence electrons. The van der Waals surface area contributed by atoms with Crippen LogP contribution in [0.15, 0.2) is 0 Å². The Balaban J connectivity index is 4.69. The molecule has 1 unspecified atom stereocenters. The van der Waals surface area contributed by atoms with Crippen LogP contribution in [0.1, 0.15) is 47.0 Å². The van der Waals surface area contributed by atoms with Crippen LogP contribution in [0.4, 0.5) is 0 Å². The normalized spacial score (nSPS) is 17.5. The molecule has 0 aromatic rings. The molecule has 0 radical (unpaired) electrons. The van der Waals surface area contributed by atoms with Crippen LogP contribution in [0.25, 0.3) is 0 Å². The van der Waals surface area contributed by atoms with Crippen molar-refractivity contribution >= 4 is 12.6 Å². The average Bonchev–Trinajstić information content (AvgIpc) is 2.08. The molecule has 0 N–H and O–H groups in total. The third kappa shape index (κ3) is 1.97. The largest absolute Gasteiger partial charge is 0.377 e. The van der Waals surface area contributed by atoms with Crippen molar-refractivity contribution in [3.8, 4) is 0 Å². The zero-order valence-corrected chi connectivity index (χ0v) is 9.87. The average molecular weight is 190 g/mol. The van der Waals surface area contributed by atoms with E-state index in [1.807, 2.05) is 0 Å². The molecular formula is C10H22OS. The first-order chi connectivity index (χ1) is 5.49. The molecule has 2 heteroatoms. The first-order valence-corrected chi connectivity index (χ1v) is 5.22. The summed E-state index contributed by atoms with van der Waals surface area (Å²) in [7, 11) is 1.79. The minimum Gasteiger partial charge on any atom is -0.377 e. The maximum atomic E-state index is 5.62. The lowest BCUT2D eigenvalue weighted by atomic mass is 9.81. The molecule has 12 heavy (non-hydrogen) atoms. The predicted octanol–water partition coefficient (Wildman–Crippen LogP) is 3.29. The third-order valence-corrected chi connectivity index (χ3v) is 3.93. The van der Waals surface area contributed by atoms with Crippen LogP contribution in [0.2, 0.25) is 0 Å². The van der Waals surface area contributed by atoms with Crippen molar-refractivity contribution in [2.45, 2.75) is 57.3 Å². The van der Waals surface area contributed by atoms with Crippen LogP contribution in [0.3, 0.4) is 0 Å². The van der Waals surface area contributed by atoms with Gasteiger partial charge in [0.2, 0.25) is 0 Å². The molecule has 0 saturated carbocycles. The van der Waals surface area contributed by atoms with Crippen molar-refractivity contribution in [3.63, 3.8) is 0 Å². The maximum absolute atomic E-state index is 5.62. The van der Waals surface area contributed by atoms with E-state index in [1.165, 1.54) is 0 Å². The Morgan fingerprint density at radius 1 is 1.08 bits per heavy atom. The number of thiol groups is 1. The third-order valence-electron chi connectivity index (χ3n) is 3.20. The predicted molar refractivity (Wildman–Crippen MR) is 58.0 cm³/mol. The highest BCUT2D eigenvalue weighted by molar-refractivity contribution is 7.81. The Kier molecular flexibility index (Phi) is 4.64. The SMILES string of the molecule is CCC(C)(S)C(CC)(CC)OC. The topological polar surface area (TPSA) is 9.23 Å². The lowest BCUT2D eigenvalue weighted by Gasteiger charge is -2.43. The van der Waals surface area contributed by atoms with E-state index < -0.39 is 0 Å². The summed E-state index contributed by atoms with van der Waals surface area (Å²) >= 11 is 4.68. The zero-order valence-electron chi connectivity index (χ0n) is 8.98. The van der Waals surface area contributed by atoms with Gasteiger partial charge in [-0.1, -0.05) is 20.8 Å². The van der Waals surface area contributed by atoms with E-state index >= 15 is 0 Å². The number of methoxy groups -OCH3 is 1. The van der Waals surface area contributed by atoms with E-state index in [-0.39, 0.29) is 10.3 Å². The van der Waals surface area contributed by atoms with Gasteiger partial charge in [0.25, 0.3) is 0 Å². The fraction of sp³-hybridized carbons (Fsp3) is 1.00. The summed E-state index contributed by atoms with van der Waals surface area (Å²) in [6, 6.07) is 0. The second-order valence-corrected chi connectivity index (χ2v) is 4.52. The molecule has 0 aliphatic heterocycles. The first kappa shape index (κ1) is 12.3. The molecule has 0 rings (SSSR count). The van der Waals surface area contributed by atoms with E-state index in [0.29, 0.717) is 0 Å². The molecular weight excluding hydrogens is 168 g/mol. The van der Waals surface area contributed by atoms with Crippen molar-refractivity contribution in [1.82, 2.24) is 0 Å². The van der Waals surface area contributed by atoms with E-state index in [2.05, 4.69) is 40.3 Å². The van der Waals surface area contributed by atoms with Gasteiger partial charge >= 0.3 is 0 Å². The quantitative estimate of drug-likeness (QED) is 0.655. The molecule has 0 spiro atoms. The highest BCUT2D eigenvalue weighted by atomic mass is 32.1. The molecule has 0 saturated heterocycles. The summed E-state index contributed by atoms with van der Waals surface area (Å²) in [5, 5.41) is 0. The molecule has 0 bridgehead atoms. The number of hydrogen-bond donors (Lipinski definition) is 1. The summed E-state index contributed by atoms with van der Waals surface area (Å²) < 4.78 is 5.59. The number of rotatable bonds is 5. The molecule has 0 aliphatic rings. The molecule has 0 aromatic carbocycles. The van der Waals surface area contributed by atoms with Crippen LogP contribution < -0.4 is 0 Å². The van der Waals surface area contributed by atoms with Gasteiger partial charge in [0.1, 0.15) is 0 Å². The van der Waals surface area contributed by atoms with Gasteiger partial charge < -0.3 is 4.74 Å². The first-order valence-electron chi connectivity index (χ1n) is 4.77. The molecule has 0 fully saturated rings. The van der Waals surface area contributed by atoms with Crippen molar-refractivity contribution in [1.29, 1.82) is 0 Å². The van der Waals surface area contributed by atoms with Crippen molar-refractivity contribution in [3.05, 3.63) is 0 Å². The van der Waals surface area contributed by atoms with E-state index in [0.717, 1.165) is 19.3 Å². The Labute approximate surface area is 82.3 Å². The highest BCUT2D eigenvalue weighted by Gasteiger charge is 2.41. The molecule has 1 nitrogen and oxygen atoms in total. The van der Waals surface area contributed by atoms with Crippen LogP contribution >= 0.6 is 12.6 Å². The number of hydrogen-bond acceptors (Lipinski definition) is 2. The van der Waals surface area contributed by atoms with Crippen LogP contribution in [0, 0.1) is 0 Å². The minimum atomic E-state index is -0.0646. The minimum absolute atomic E-state index is 0.0226. The van der Waals surface area contributed by atoms with Crippen molar-refractivity contribution < 1.29 is 4.74 Å². The summed E-state index contributed by atoms with van der Waals surface area (Å²) in [4.78, 5) is 0. The Hall–Kier alpha value is 0.310. The van der Waals surface area contributed by atoms with Crippen LogP contribution in [-0.2, 0) is 4.74 Å². The smallest absolute Gasteiger partial charge is 0.0814 e. The van der Waals surface area contributed by atoms with Gasteiger partial charge in [0, 0.05) is 11.9 Å². The Morgan fingerprint density at radius 3 is 1.58 bits per heavy atom. The molecule has 0 aromatic heterocycles. The molecule has 0 aliphatic carbocycles. The van der Waals surface area contributed by atoms with Gasteiger partial charge in [-0.3, -0.25) is 0 Å². The fourth-order valence-electron chi connectivity index (χ4n) is 1.84. The van der Waals surface area contributed by atoms with E-state index in [4.69, 9.17) is 4.74 Å². The number of ether oxygens (including phenoxy) is 1. The van der Waals surface area contributed by atoms with Gasteiger partial charge in [-0.15, -0.1) is 0 Å². The lowest BCUT2D eigenvalue weighted by molar-refractivity contribution is -0.0453. The molecule has 0 amide bonds. The van der Waals surface area contributed by atoms with Gasteiger partial charge in [-0.25, -0.2) is 0 Å². The van der Waals surface area contributed by atoms with E-state index in [9.17, 15) is 0 Å². The summed E-state index contributed by atoms with van der Waals surface area (Å²) in [5.41, 5.74) is -0.0646. The summed E-state index contributed by atoms with van der Waals surface area (Å²) in [5.74, 6) is 0. The lowest BCUT2D eigenvalue weighted by Crippen LogP contribution is -2.48. The van der Waals surface area contributed by atoms with Gasteiger partial charge in [-0.2, -0.15) is 12.6 Å². The highest BCUT2D eigenvalue weighted by Crippen LogP contribution is 2.39. The van der Waals surface area contributed by atoms with Crippen molar-refractivity contribution in [2.75, 3.05) is 7.11 Å². The molecule has 0 heterocycles. The van der Waals surface area contributed by atoms with Gasteiger partial charge in [0.15, 0.2) is 0 Å².